The Hall–Kier alpha value is -3.93. The fraction of sp³-hybridized carbons (Fsp3) is 0.346. The van der Waals surface area contributed by atoms with Gasteiger partial charge >= 0.3 is 6.18 Å². The number of hydrogen-bond donors (Lipinski definition) is 2. The number of hydrogen-bond acceptors (Lipinski definition) is 6. The summed E-state index contributed by atoms with van der Waals surface area (Å²) in [6.07, 6.45) is -3.18. The van der Waals surface area contributed by atoms with Gasteiger partial charge in [-0.05, 0) is 57.5 Å². The molecule has 1 aromatic carbocycles. The minimum atomic E-state index is -4.72. The number of benzene rings is 1. The maximum Gasteiger partial charge on any atom is 0.417 e. The smallest absolute Gasteiger partial charge is 0.354 e. The number of pyridine rings is 1. The van der Waals surface area contributed by atoms with Crippen LogP contribution < -0.4 is 16.2 Å². The second kappa shape index (κ2) is 10.7. The fourth-order valence-corrected chi connectivity index (χ4v) is 4.60. The average Bonchev–Trinajstić information content (AvgIpc) is 2.87. The summed E-state index contributed by atoms with van der Waals surface area (Å²) in [6.45, 7) is 5.34. The molecule has 3 aromatic rings. The van der Waals surface area contributed by atoms with Crippen molar-refractivity contribution in [2.45, 2.75) is 52.0 Å². The van der Waals surface area contributed by atoms with Gasteiger partial charge in [0, 0.05) is 36.5 Å². The molecule has 3 heterocycles. The van der Waals surface area contributed by atoms with Gasteiger partial charge in [0.25, 0.3) is 17.4 Å². The van der Waals surface area contributed by atoms with Crippen molar-refractivity contribution in [2.75, 3.05) is 12.4 Å². The van der Waals surface area contributed by atoms with Crippen LogP contribution in [0.15, 0.2) is 41.3 Å². The van der Waals surface area contributed by atoms with Crippen LogP contribution in [0.3, 0.4) is 0 Å². The predicted octanol–water partition coefficient (Wildman–Crippen LogP) is 4.07. The predicted molar refractivity (Wildman–Crippen MR) is 139 cm³/mol. The number of amides is 2. The molecule has 0 saturated carbocycles. The van der Waals surface area contributed by atoms with Gasteiger partial charge in [-0.1, -0.05) is 11.6 Å². The number of alkyl halides is 3. The minimum Gasteiger partial charge on any atom is -0.354 e. The van der Waals surface area contributed by atoms with Gasteiger partial charge in [-0.2, -0.15) is 13.2 Å². The molecular formula is C26H26ClF3N6O3. The maximum atomic E-state index is 13.8. The molecule has 2 amide bonds. The SMILES string of the molecule is CNC(=O)c1cc(-n2c(NC(C)C)nc3c(c2=O)C[C@@H](C)N(C(=O)c2ccc(Cl)c(C(F)(F)F)c2)C3)ccn1. The van der Waals surface area contributed by atoms with E-state index in [-0.39, 0.29) is 41.8 Å². The van der Waals surface area contributed by atoms with Gasteiger partial charge in [0.2, 0.25) is 5.95 Å². The van der Waals surface area contributed by atoms with E-state index in [1.807, 2.05) is 13.8 Å². The number of nitrogens with zero attached hydrogens (tertiary/aromatic N) is 4. The van der Waals surface area contributed by atoms with Gasteiger partial charge in [0.1, 0.15) is 5.69 Å². The molecule has 2 aromatic heterocycles. The van der Waals surface area contributed by atoms with Gasteiger partial charge in [0.05, 0.1) is 28.5 Å². The van der Waals surface area contributed by atoms with Crippen LogP contribution >= 0.6 is 11.6 Å². The molecule has 2 N–H and O–H groups in total. The van der Waals surface area contributed by atoms with Crippen molar-refractivity contribution < 1.29 is 22.8 Å². The Kier molecular flexibility index (Phi) is 7.69. The Morgan fingerprint density at radius 3 is 2.54 bits per heavy atom. The van der Waals surface area contributed by atoms with Gasteiger partial charge in [-0.3, -0.25) is 19.4 Å². The summed E-state index contributed by atoms with van der Waals surface area (Å²) in [7, 11) is 1.47. The van der Waals surface area contributed by atoms with E-state index in [9.17, 15) is 27.6 Å². The molecule has 0 fully saturated rings. The first-order valence-electron chi connectivity index (χ1n) is 12.1. The Morgan fingerprint density at radius 1 is 1.18 bits per heavy atom. The largest absolute Gasteiger partial charge is 0.417 e. The molecule has 4 rings (SSSR count). The van der Waals surface area contributed by atoms with Gasteiger partial charge < -0.3 is 15.5 Å². The van der Waals surface area contributed by atoms with E-state index in [2.05, 4.69) is 20.6 Å². The van der Waals surface area contributed by atoms with E-state index in [1.165, 1.54) is 34.8 Å². The van der Waals surface area contributed by atoms with Crippen molar-refractivity contribution >= 4 is 29.4 Å². The van der Waals surface area contributed by atoms with Gasteiger partial charge in [0.15, 0.2) is 0 Å². The lowest BCUT2D eigenvalue weighted by atomic mass is 9.98. The van der Waals surface area contributed by atoms with Crippen LogP contribution in [0.25, 0.3) is 5.69 Å². The summed E-state index contributed by atoms with van der Waals surface area (Å²) < 4.78 is 41.5. The molecule has 0 aliphatic carbocycles. The zero-order valence-corrected chi connectivity index (χ0v) is 22.3. The normalized spacial score (nSPS) is 15.2. The fourth-order valence-electron chi connectivity index (χ4n) is 4.38. The quantitative estimate of drug-likeness (QED) is 0.485. The standard InChI is InChI=1S/C26H26ClF3N6O3/c1-13(2)33-25-34-21-12-35(23(38)15-5-6-19(27)18(10-15)26(28,29)30)14(3)9-17(21)24(39)36(25)16-7-8-32-20(11-16)22(37)31-4/h5-8,10-11,13-14H,9,12H2,1-4H3,(H,31,37)(H,33,34)/t14-/m1/s1. The lowest BCUT2D eigenvalue weighted by Crippen LogP contribution is -2.46. The first-order chi connectivity index (χ1) is 18.3. The molecule has 206 valence electrons. The summed E-state index contributed by atoms with van der Waals surface area (Å²) in [4.78, 5) is 49.3. The number of anilines is 1. The van der Waals surface area contributed by atoms with E-state index in [0.717, 1.165) is 12.1 Å². The van der Waals surface area contributed by atoms with Crippen LogP contribution in [0.5, 0.6) is 0 Å². The highest BCUT2D eigenvalue weighted by molar-refractivity contribution is 6.31. The van der Waals surface area contributed by atoms with Crippen molar-refractivity contribution in [3.05, 3.63) is 80.0 Å². The maximum absolute atomic E-state index is 13.8. The third-order valence-corrected chi connectivity index (χ3v) is 6.60. The van der Waals surface area contributed by atoms with E-state index in [0.29, 0.717) is 16.9 Å². The highest BCUT2D eigenvalue weighted by atomic mass is 35.5. The molecule has 1 aliphatic rings. The molecule has 13 heteroatoms. The highest BCUT2D eigenvalue weighted by Gasteiger charge is 2.36. The number of carbonyl (C=O) groups is 2. The summed E-state index contributed by atoms with van der Waals surface area (Å²) in [5.41, 5.74) is -0.474. The molecule has 0 radical (unpaired) electrons. The van der Waals surface area contributed by atoms with E-state index in [1.54, 1.807) is 13.0 Å². The Balaban J connectivity index is 1.78. The summed E-state index contributed by atoms with van der Waals surface area (Å²) in [6, 6.07) is 5.43. The Labute approximate surface area is 227 Å². The Bertz CT molecular complexity index is 1510. The second-order valence-corrected chi connectivity index (χ2v) is 9.86. The molecule has 0 bridgehead atoms. The van der Waals surface area contributed by atoms with Crippen LogP contribution in [0.2, 0.25) is 5.02 Å². The van der Waals surface area contributed by atoms with Crippen LogP contribution in [-0.4, -0.2) is 50.4 Å². The molecule has 1 aliphatic heterocycles. The van der Waals surface area contributed by atoms with Crippen LogP contribution in [0, 0.1) is 0 Å². The van der Waals surface area contributed by atoms with Crippen LogP contribution in [0.4, 0.5) is 19.1 Å². The highest BCUT2D eigenvalue weighted by Crippen LogP contribution is 2.36. The minimum absolute atomic E-state index is 0.0813. The lowest BCUT2D eigenvalue weighted by Gasteiger charge is -2.35. The van der Waals surface area contributed by atoms with Crippen molar-refractivity contribution in [3.8, 4) is 5.69 Å². The lowest BCUT2D eigenvalue weighted by molar-refractivity contribution is -0.137. The number of rotatable bonds is 5. The number of aromatic nitrogens is 3. The zero-order chi connectivity index (χ0) is 28.6. The topological polar surface area (TPSA) is 109 Å². The monoisotopic (exact) mass is 562 g/mol. The van der Waals surface area contributed by atoms with E-state index < -0.39 is 34.6 Å². The molecule has 0 spiro atoms. The molecule has 0 unspecified atom stereocenters. The van der Waals surface area contributed by atoms with E-state index >= 15 is 0 Å². The Morgan fingerprint density at radius 2 is 1.90 bits per heavy atom. The average molecular weight is 563 g/mol. The van der Waals surface area contributed by atoms with E-state index in [4.69, 9.17) is 11.6 Å². The van der Waals surface area contributed by atoms with Crippen molar-refractivity contribution in [1.29, 1.82) is 0 Å². The molecular weight excluding hydrogens is 537 g/mol. The van der Waals surface area contributed by atoms with Crippen molar-refractivity contribution in [2.24, 2.45) is 0 Å². The third kappa shape index (κ3) is 5.60. The van der Waals surface area contributed by atoms with Crippen molar-refractivity contribution in [1.82, 2.24) is 24.8 Å². The van der Waals surface area contributed by atoms with Gasteiger partial charge in [-0.15, -0.1) is 0 Å². The summed E-state index contributed by atoms with van der Waals surface area (Å²) in [5, 5.41) is 5.12. The third-order valence-electron chi connectivity index (χ3n) is 6.27. The molecule has 1 atom stereocenters. The van der Waals surface area contributed by atoms with Crippen LogP contribution in [0.1, 0.15) is 58.4 Å². The summed E-state index contributed by atoms with van der Waals surface area (Å²) >= 11 is 5.72. The first-order valence-corrected chi connectivity index (χ1v) is 12.5. The number of halogens is 4. The second-order valence-electron chi connectivity index (χ2n) is 9.46. The summed E-state index contributed by atoms with van der Waals surface area (Å²) in [5.74, 6) is -0.868. The molecule has 39 heavy (non-hydrogen) atoms. The molecule has 0 saturated heterocycles. The number of nitrogens with one attached hydrogen (secondary N) is 2. The zero-order valence-electron chi connectivity index (χ0n) is 21.6. The van der Waals surface area contributed by atoms with Gasteiger partial charge in [-0.25, -0.2) is 9.55 Å². The first kappa shape index (κ1) is 28.1. The number of carbonyl (C=O) groups excluding carboxylic acids is 2. The van der Waals surface area contributed by atoms with Crippen molar-refractivity contribution in [3.63, 3.8) is 0 Å². The number of fused-ring (bicyclic) bond motifs is 1. The molecule has 9 nitrogen and oxygen atoms in total. The van der Waals surface area contributed by atoms with Crippen LogP contribution in [-0.2, 0) is 19.1 Å².